The van der Waals surface area contributed by atoms with Gasteiger partial charge in [-0.15, -0.1) is 0 Å². The van der Waals surface area contributed by atoms with E-state index in [4.69, 9.17) is 17.3 Å². The van der Waals surface area contributed by atoms with Crippen LogP contribution in [0, 0.1) is 0 Å². The maximum atomic E-state index is 5.84. The molecule has 0 fully saturated rings. The SMILES string of the molecule is CC(C)N(CCNc1nc(Cl)ccc1N)C(C)C. The number of pyridine rings is 1. The maximum absolute atomic E-state index is 5.84. The number of hydrogen-bond acceptors (Lipinski definition) is 4. The monoisotopic (exact) mass is 270 g/mol. The van der Waals surface area contributed by atoms with E-state index >= 15 is 0 Å². The lowest BCUT2D eigenvalue weighted by atomic mass is 10.2. The van der Waals surface area contributed by atoms with E-state index in [1.54, 1.807) is 12.1 Å². The second-order valence-electron chi connectivity index (χ2n) is 4.92. The molecular formula is C13H23ClN4. The van der Waals surface area contributed by atoms with Gasteiger partial charge in [-0.2, -0.15) is 0 Å². The van der Waals surface area contributed by atoms with E-state index in [0.29, 0.717) is 28.7 Å². The van der Waals surface area contributed by atoms with Gasteiger partial charge in [0.25, 0.3) is 0 Å². The molecule has 1 heterocycles. The minimum absolute atomic E-state index is 0.455. The topological polar surface area (TPSA) is 54.2 Å². The van der Waals surface area contributed by atoms with E-state index in [0.717, 1.165) is 13.1 Å². The molecule has 0 bridgehead atoms. The van der Waals surface area contributed by atoms with Crippen LogP contribution in [0.2, 0.25) is 5.15 Å². The highest BCUT2D eigenvalue weighted by atomic mass is 35.5. The number of rotatable bonds is 6. The number of nitrogens with two attached hydrogens (primary N) is 1. The summed E-state index contributed by atoms with van der Waals surface area (Å²) in [5.41, 5.74) is 6.45. The summed E-state index contributed by atoms with van der Waals surface area (Å²) in [4.78, 5) is 6.58. The Morgan fingerprint density at radius 2 is 1.89 bits per heavy atom. The molecule has 0 aromatic carbocycles. The molecule has 0 spiro atoms. The molecule has 0 radical (unpaired) electrons. The normalized spacial score (nSPS) is 11.6. The van der Waals surface area contributed by atoms with Crippen LogP contribution in [0.5, 0.6) is 0 Å². The van der Waals surface area contributed by atoms with E-state index in [1.165, 1.54) is 0 Å². The van der Waals surface area contributed by atoms with Crippen LogP contribution in [-0.2, 0) is 0 Å². The predicted octanol–water partition coefficient (Wildman–Crippen LogP) is 2.85. The maximum Gasteiger partial charge on any atom is 0.151 e. The van der Waals surface area contributed by atoms with Gasteiger partial charge in [0.15, 0.2) is 5.82 Å². The van der Waals surface area contributed by atoms with Gasteiger partial charge >= 0.3 is 0 Å². The van der Waals surface area contributed by atoms with Crippen molar-refractivity contribution in [2.24, 2.45) is 0 Å². The Labute approximate surface area is 115 Å². The molecular weight excluding hydrogens is 248 g/mol. The minimum Gasteiger partial charge on any atom is -0.396 e. The van der Waals surface area contributed by atoms with Crippen LogP contribution >= 0.6 is 11.6 Å². The van der Waals surface area contributed by atoms with Gasteiger partial charge in [-0.3, -0.25) is 4.90 Å². The van der Waals surface area contributed by atoms with Gasteiger partial charge in [0.1, 0.15) is 5.15 Å². The zero-order valence-corrected chi connectivity index (χ0v) is 12.3. The van der Waals surface area contributed by atoms with Crippen molar-refractivity contribution in [1.29, 1.82) is 0 Å². The van der Waals surface area contributed by atoms with Crippen molar-refractivity contribution in [3.8, 4) is 0 Å². The Bertz CT molecular complexity index is 371. The Hall–Kier alpha value is -1.00. The first-order valence-electron chi connectivity index (χ1n) is 6.33. The molecule has 0 saturated heterocycles. The molecule has 0 atom stereocenters. The van der Waals surface area contributed by atoms with Crippen molar-refractivity contribution in [1.82, 2.24) is 9.88 Å². The van der Waals surface area contributed by atoms with Gasteiger partial charge in [0.2, 0.25) is 0 Å². The minimum atomic E-state index is 0.455. The van der Waals surface area contributed by atoms with Crippen LogP contribution in [0.3, 0.4) is 0 Å². The standard InChI is InChI=1S/C13H23ClN4/c1-9(2)18(10(3)4)8-7-16-13-11(15)5-6-12(14)17-13/h5-6,9-10H,7-8,15H2,1-4H3,(H,16,17). The summed E-state index contributed by atoms with van der Waals surface area (Å²) < 4.78 is 0. The van der Waals surface area contributed by atoms with Crippen molar-refractivity contribution < 1.29 is 0 Å². The summed E-state index contributed by atoms with van der Waals surface area (Å²) in [7, 11) is 0. The van der Waals surface area contributed by atoms with Crippen LogP contribution in [-0.4, -0.2) is 35.1 Å². The zero-order chi connectivity index (χ0) is 13.7. The fourth-order valence-corrected chi connectivity index (χ4v) is 2.15. The first kappa shape index (κ1) is 15.1. The van der Waals surface area contributed by atoms with E-state index in [-0.39, 0.29) is 0 Å². The first-order valence-corrected chi connectivity index (χ1v) is 6.71. The van der Waals surface area contributed by atoms with E-state index in [2.05, 4.69) is 42.9 Å². The summed E-state index contributed by atoms with van der Waals surface area (Å²) in [6, 6.07) is 4.50. The van der Waals surface area contributed by atoms with Gasteiger partial charge in [-0.05, 0) is 39.8 Å². The Balaban J connectivity index is 2.52. The number of anilines is 2. The van der Waals surface area contributed by atoms with Gasteiger partial charge in [-0.25, -0.2) is 4.98 Å². The molecule has 5 heteroatoms. The predicted molar refractivity (Wildman–Crippen MR) is 79.1 cm³/mol. The van der Waals surface area contributed by atoms with Crippen molar-refractivity contribution in [3.05, 3.63) is 17.3 Å². The fraction of sp³-hybridized carbons (Fsp3) is 0.615. The highest BCUT2D eigenvalue weighted by molar-refractivity contribution is 6.29. The molecule has 1 aromatic heterocycles. The molecule has 0 amide bonds. The van der Waals surface area contributed by atoms with Crippen LogP contribution in [0.1, 0.15) is 27.7 Å². The Morgan fingerprint density at radius 3 is 2.44 bits per heavy atom. The largest absolute Gasteiger partial charge is 0.396 e. The Kier molecular flexibility index (Phi) is 5.69. The zero-order valence-electron chi connectivity index (χ0n) is 11.6. The molecule has 0 aliphatic rings. The quantitative estimate of drug-likeness (QED) is 0.781. The molecule has 0 unspecified atom stereocenters. The molecule has 102 valence electrons. The summed E-state index contributed by atoms with van der Waals surface area (Å²) in [6.07, 6.45) is 0. The fourth-order valence-electron chi connectivity index (χ4n) is 2.00. The molecule has 0 saturated carbocycles. The van der Waals surface area contributed by atoms with Gasteiger partial charge in [0.05, 0.1) is 5.69 Å². The van der Waals surface area contributed by atoms with E-state index in [9.17, 15) is 0 Å². The lowest BCUT2D eigenvalue weighted by molar-refractivity contribution is 0.182. The van der Waals surface area contributed by atoms with Gasteiger partial charge < -0.3 is 11.1 Å². The second kappa shape index (κ2) is 6.81. The molecule has 0 aliphatic heterocycles. The number of halogens is 1. The van der Waals surface area contributed by atoms with Gasteiger partial charge in [0, 0.05) is 25.2 Å². The Morgan fingerprint density at radius 1 is 1.28 bits per heavy atom. The lowest BCUT2D eigenvalue weighted by Gasteiger charge is -2.30. The van der Waals surface area contributed by atoms with E-state index in [1.807, 2.05) is 0 Å². The summed E-state index contributed by atoms with van der Waals surface area (Å²) >= 11 is 5.84. The summed E-state index contributed by atoms with van der Waals surface area (Å²) in [5.74, 6) is 0.662. The number of aromatic nitrogens is 1. The van der Waals surface area contributed by atoms with E-state index < -0.39 is 0 Å². The third kappa shape index (κ3) is 4.35. The van der Waals surface area contributed by atoms with Crippen molar-refractivity contribution in [2.45, 2.75) is 39.8 Å². The lowest BCUT2D eigenvalue weighted by Crippen LogP contribution is -2.40. The molecule has 18 heavy (non-hydrogen) atoms. The van der Waals surface area contributed by atoms with Crippen molar-refractivity contribution in [3.63, 3.8) is 0 Å². The average molecular weight is 271 g/mol. The van der Waals surface area contributed by atoms with Crippen molar-refractivity contribution >= 4 is 23.1 Å². The highest BCUT2D eigenvalue weighted by Gasteiger charge is 2.12. The van der Waals surface area contributed by atoms with Gasteiger partial charge in [-0.1, -0.05) is 11.6 Å². The third-order valence-electron chi connectivity index (χ3n) is 2.88. The summed E-state index contributed by atoms with van der Waals surface area (Å²) in [5, 5.41) is 3.69. The molecule has 0 aliphatic carbocycles. The van der Waals surface area contributed by atoms with Crippen LogP contribution in [0.15, 0.2) is 12.1 Å². The summed E-state index contributed by atoms with van der Waals surface area (Å²) in [6.45, 7) is 10.5. The number of nitrogens with one attached hydrogen (secondary N) is 1. The third-order valence-corrected chi connectivity index (χ3v) is 3.09. The number of hydrogen-bond donors (Lipinski definition) is 2. The van der Waals surface area contributed by atoms with Crippen LogP contribution in [0.4, 0.5) is 11.5 Å². The molecule has 4 nitrogen and oxygen atoms in total. The van der Waals surface area contributed by atoms with Crippen LogP contribution < -0.4 is 11.1 Å². The first-order chi connectivity index (χ1) is 8.41. The number of nitrogen functional groups attached to an aromatic ring is 1. The number of nitrogens with zero attached hydrogens (tertiary/aromatic N) is 2. The van der Waals surface area contributed by atoms with Crippen molar-refractivity contribution in [2.75, 3.05) is 24.1 Å². The smallest absolute Gasteiger partial charge is 0.151 e. The van der Waals surface area contributed by atoms with Crippen LogP contribution in [0.25, 0.3) is 0 Å². The molecule has 3 N–H and O–H groups in total. The molecule has 1 rings (SSSR count). The second-order valence-corrected chi connectivity index (χ2v) is 5.31. The average Bonchev–Trinajstić information content (AvgIpc) is 2.27. The molecule has 1 aromatic rings. The highest BCUT2D eigenvalue weighted by Crippen LogP contribution is 2.18.